The van der Waals surface area contributed by atoms with Gasteiger partial charge in [-0.2, -0.15) is 0 Å². The summed E-state index contributed by atoms with van der Waals surface area (Å²) in [6.45, 7) is 2.24. The Kier molecular flexibility index (Phi) is 7.66. The predicted molar refractivity (Wildman–Crippen MR) is 89.9 cm³/mol. The van der Waals surface area contributed by atoms with Crippen LogP contribution in [0.5, 0.6) is 0 Å². The number of ether oxygens (including phenoxy) is 1. The van der Waals surface area contributed by atoms with Crippen LogP contribution in [0.3, 0.4) is 0 Å². The van der Waals surface area contributed by atoms with Gasteiger partial charge in [0.2, 0.25) is 5.91 Å². The van der Waals surface area contributed by atoms with E-state index in [4.69, 9.17) is 4.74 Å². The number of benzene rings is 1. The number of hydrogen-bond donors (Lipinski definition) is 2. The van der Waals surface area contributed by atoms with Gasteiger partial charge < -0.3 is 15.4 Å². The van der Waals surface area contributed by atoms with E-state index in [-0.39, 0.29) is 23.9 Å². The fourth-order valence-electron chi connectivity index (χ4n) is 2.59. The van der Waals surface area contributed by atoms with E-state index in [9.17, 15) is 4.79 Å². The lowest BCUT2D eigenvalue weighted by atomic mass is 9.98. The van der Waals surface area contributed by atoms with Crippen LogP contribution in [0.1, 0.15) is 18.4 Å². The molecule has 1 heterocycles. The van der Waals surface area contributed by atoms with Gasteiger partial charge in [-0.25, -0.2) is 0 Å². The van der Waals surface area contributed by atoms with E-state index >= 15 is 0 Å². The Morgan fingerprint density at radius 1 is 1.43 bits per heavy atom. The molecule has 21 heavy (non-hydrogen) atoms. The molecule has 118 valence electrons. The Morgan fingerprint density at radius 2 is 2.14 bits per heavy atom. The van der Waals surface area contributed by atoms with Crippen molar-refractivity contribution in [2.75, 3.05) is 26.8 Å². The SMILES string of the molecule is COCC1(CNC(=O)Cc2ccc(Br)cc2)CCCN1.Cl. The van der Waals surface area contributed by atoms with Crippen molar-refractivity contribution in [2.45, 2.75) is 24.8 Å². The van der Waals surface area contributed by atoms with Gasteiger partial charge in [0.1, 0.15) is 0 Å². The van der Waals surface area contributed by atoms with E-state index in [1.54, 1.807) is 7.11 Å². The third kappa shape index (κ3) is 5.58. The third-order valence-electron chi connectivity index (χ3n) is 3.65. The van der Waals surface area contributed by atoms with E-state index < -0.39 is 0 Å². The number of rotatable bonds is 6. The van der Waals surface area contributed by atoms with Crippen LogP contribution in [-0.4, -0.2) is 38.3 Å². The van der Waals surface area contributed by atoms with Crippen LogP contribution in [0.15, 0.2) is 28.7 Å². The van der Waals surface area contributed by atoms with Gasteiger partial charge in [0, 0.05) is 18.1 Å². The van der Waals surface area contributed by atoms with Crippen molar-refractivity contribution in [3.8, 4) is 0 Å². The van der Waals surface area contributed by atoms with E-state index in [0.717, 1.165) is 29.4 Å². The Hall–Kier alpha value is -0.620. The molecule has 4 nitrogen and oxygen atoms in total. The molecule has 1 amide bonds. The maximum Gasteiger partial charge on any atom is 0.224 e. The Morgan fingerprint density at radius 3 is 2.71 bits per heavy atom. The first kappa shape index (κ1) is 18.4. The van der Waals surface area contributed by atoms with Crippen molar-refractivity contribution in [1.82, 2.24) is 10.6 Å². The molecule has 0 aliphatic carbocycles. The van der Waals surface area contributed by atoms with Crippen molar-refractivity contribution in [3.63, 3.8) is 0 Å². The summed E-state index contributed by atoms with van der Waals surface area (Å²) in [5.41, 5.74) is 0.926. The van der Waals surface area contributed by atoms with Gasteiger partial charge >= 0.3 is 0 Å². The summed E-state index contributed by atoms with van der Waals surface area (Å²) in [6, 6.07) is 7.83. The van der Waals surface area contributed by atoms with E-state index in [0.29, 0.717) is 19.6 Å². The zero-order valence-corrected chi connectivity index (χ0v) is 14.6. The molecule has 1 aliphatic rings. The van der Waals surface area contributed by atoms with Crippen molar-refractivity contribution in [1.29, 1.82) is 0 Å². The van der Waals surface area contributed by atoms with E-state index in [1.165, 1.54) is 0 Å². The van der Waals surface area contributed by atoms with Crippen LogP contribution in [-0.2, 0) is 16.0 Å². The van der Waals surface area contributed by atoms with Gasteiger partial charge in [-0.3, -0.25) is 4.79 Å². The van der Waals surface area contributed by atoms with Crippen molar-refractivity contribution < 1.29 is 9.53 Å². The summed E-state index contributed by atoms with van der Waals surface area (Å²) >= 11 is 3.39. The number of carbonyl (C=O) groups excluding carboxylic acids is 1. The average molecular weight is 378 g/mol. The normalized spacial score (nSPS) is 20.9. The molecule has 1 aromatic rings. The molecular weight excluding hydrogens is 356 g/mol. The highest BCUT2D eigenvalue weighted by Crippen LogP contribution is 2.19. The second-order valence-corrected chi connectivity index (χ2v) is 6.24. The monoisotopic (exact) mass is 376 g/mol. The highest BCUT2D eigenvalue weighted by molar-refractivity contribution is 9.10. The minimum absolute atomic E-state index is 0. The molecule has 1 atom stereocenters. The van der Waals surface area contributed by atoms with Crippen LogP contribution < -0.4 is 10.6 Å². The lowest BCUT2D eigenvalue weighted by Crippen LogP contribution is -2.53. The molecule has 1 aromatic carbocycles. The van der Waals surface area contributed by atoms with Gasteiger partial charge in [-0.1, -0.05) is 28.1 Å². The molecule has 2 rings (SSSR count). The van der Waals surface area contributed by atoms with Crippen molar-refractivity contribution >= 4 is 34.2 Å². The van der Waals surface area contributed by atoms with Crippen LogP contribution in [0.2, 0.25) is 0 Å². The molecule has 1 fully saturated rings. The molecule has 1 unspecified atom stereocenters. The number of hydrogen-bond acceptors (Lipinski definition) is 3. The molecular formula is C15H22BrClN2O2. The maximum absolute atomic E-state index is 12.0. The third-order valence-corrected chi connectivity index (χ3v) is 4.18. The van der Waals surface area contributed by atoms with Crippen LogP contribution in [0.4, 0.5) is 0 Å². The molecule has 0 aromatic heterocycles. The summed E-state index contributed by atoms with van der Waals surface area (Å²) in [7, 11) is 1.70. The summed E-state index contributed by atoms with van der Waals surface area (Å²) in [5, 5.41) is 6.47. The maximum atomic E-state index is 12.0. The van der Waals surface area contributed by atoms with Crippen LogP contribution in [0.25, 0.3) is 0 Å². The van der Waals surface area contributed by atoms with Crippen LogP contribution >= 0.6 is 28.3 Å². The van der Waals surface area contributed by atoms with E-state index in [1.807, 2.05) is 24.3 Å². The Labute approximate surface area is 140 Å². The molecule has 6 heteroatoms. The second-order valence-electron chi connectivity index (χ2n) is 5.32. The predicted octanol–water partition coefficient (Wildman–Crippen LogP) is 2.30. The van der Waals surface area contributed by atoms with Gasteiger partial charge in [0.15, 0.2) is 0 Å². The lowest BCUT2D eigenvalue weighted by Gasteiger charge is -2.29. The van der Waals surface area contributed by atoms with Gasteiger partial charge in [0.25, 0.3) is 0 Å². The molecule has 2 N–H and O–H groups in total. The quantitative estimate of drug-likeness (QED) is 0.800. The smallest absolute Gasteiger partial charge is 0.224 e. The number of halogens is 2. The number of amides is 1. The topological polar surface area (TPSA) is 50.4 Å². The molecule has 0 saturated carbocycles. The highest BCUT2D eigenvalue weighted by atomic mass is 79.9. The Bertz CT molecular complexity index is 447. The number of carbonyl (C=O) groups is 1. The standard InChI is InChI=1S/C15H21BrN2O2.ClH/c1-20-11-15(7-2-8-18-15)10-17-14(19)9-12-3-5-13(16)6-4-12;/h3-6,18H,2,7-11H2,1H3,(H,17,19);1H. The lowest BCUT2D eigenvalue weighted by molar-refractivity contribution is -0.120. The molecule has 0 bridgehead atoms. The Balaban J connectivity index is 0.00000220. The van der Waals surface area contributed by atoms with E-state index in [2.05, 4.69) is 26.6 Å². The number of methoxy groups -OCH3 is 1. The molecule has 0 spiro atoms. The largest absolute Gasteiger partial charge is 0.383 e. The molecule has 1 aliphatic heterocycles. The first-order chi connectivity index (χ1) is 9.63. The minimum Gasteiger partial charge on any atom is -0.383 e. The van der Waals surface area contributed by atoms with Gasteiger partial charge in [-0.15, -0.1) is 12.4 Å². The summed E-state index contributed by atoms with van der Waals surface area (Å²) in [4.78, 5) is 12.0. The van der Waals surface area contributed by atoms with Crippen LogP contribution in [0, 0.1) is 0 Å². The fraction of sp³-hybridized carbons (Fsp3) is 0.533. The first-order valence-electron chi connectivity index (χ1n) is 6.89. The summed E-state index contributed by atoms with van der Waals surface area (Å²) < 4.78 is 6.30. The van der Waals surface area contributed by atoms with Crippen molar-refractivity contribution in [2.24, 2.45) is 0 Å². The van der Waals surface area contributed by atoms with Crippen molar-refractivity contribution in [3.05, 3.63) is 34.3 Å². The van der Waals surface area contributed by atoms with Gasteiger partial charge in [-0.05, 0) is 37.1 Å². The molecule has 1 saturated heterocycles. The highest BCUT2D eigenvalue weighted by Gasteiger charge is 2.33. The minimum atomic E-state index is -0.0931. The zero-order chi connectivity index (χ0) is 14.4. The molecule has 0 radical (unpaired) electrons. The fourth-order valence-corrected chi connectivity index (χ4v) is 2.85. The zero-order valence-electron chi connectivity index (χ0n) is 12.2. The van der Waals surface area contributed by atoms with Gasteiger partial charge in [0.05, 0.1) is 18.6 Å². The average Bonchev–Trinajstić information content (AvgIpc) is 2.89. The number of nitrogens with one attached hydrogen (secondary N) is 2. The summed E-state index contributed by atoms with van der Waals surface area (Å²) in [6.07, 6.45) is 2.59. The first-order valence-corrected chi connectivity index (χ1v) is 7.68. The second kappa shape index (κ2) is 8.73. The summed E-state index contributed by atoms with van der Waals surface area (Å²) in [5.74, 6) is 0.0523.